The predicted octanol–water partition coefficient (Wildman–Crippen LogP) is 2.21. The summed E-state index contributed by atoms with van der Waals surface area (Å²) in [6.45, 7) is 4.03. The lowest BCUT2D eigenvalue weighted by atomic mass is 10.1. The van der Waals surface area contributed by atoms with E-state index in [1.807, 2.05) is 13.8 Å². The zero-order valence-corrected chi connectivity index (χ0v) is 14.6. The van der Waals surface area contributed by atoms with E-state index in [4.69, 9.17) is 10.5 Å². The first-order chi connectivity index (χ1) is 12.5. The third-order valence-electron chi connectivity index (χ3n) is 3.92. The van der Waals surface area contributed by atoms with E-state index in [-0.39, 0.29) is 24.4 Å². The molecule has 7 nitrogen and oxygen atoms in total. The molecule has 0 saturated heterocycles. The van der Waals surface area contributed by atoms with Gasteiger partial charge in [0.15, 0.2) is 5.65 Å². The van der Waals surface area contributed by atoms with Crippen molar-refractivity contribution in [1.82, 2.24) is 19.9 Å². The number of benzene rings is 1. The lowest BCUT2D eigenvalue weighted by molar-refractivity contribution is 0.0933. The number of carbonyl (C=O) groups is 1. The Morgan fingerprint density at radius 2 is 2.23 bits per heavy atom. The fraction of sp³-hybridized carbons (Fsp3) is 0.278. The summed E-state index contributed by atoms with van der Waals surface area (Å²) in [5, 5.41) is 6.87. The molecule has 0 aliphatic carbocycles. The van der Waals surface area contributed by atoms with Gasteiger partial charge >= 0.3 is 0 Å². The van der Waals surface area contributed by atoms with Crippen molar-refractivity contribution in [3.63, 3.8) is 0 Å². The number of aromatic nitrogens is 3. The molecule has 0 fully saturated rings. The Balaban J connectivity index is 1.64. The number of rotatable bonds is 6. The Morgan fingerprint density at radius 1 is 1.42 bits per heavy atom. The summed E-state index contributed by atoms with van der Waals surface area (Å²) >= 11 is 0. The second-order valence-corrected chi connectivity index (χ2v) is 5.92. The van der Waals surface area contributed by atoms with E-state index in [1.54, 1.807) is 18.3 Å². The van der Waals surface area contributed by atoms with E-state index in [9.17, 15) is 9.18 Å². The second-order valence-electron chi connectivity index (χ2n) is 5.92. The topological polar surface area (TPSA) is 94.5 Å². The number of amides is 1. The Morgan fingerprint density at radius 3 is 3.00 bits per heavy atom. The number of fused-ring (bicyclic) bond motifs is 1. The molecular weight excluding hydrogens is 337 g/mol. The Labute approximate surface area is 150 Å². The number of nitrogens with zero attached hydrogens (tertiary/aromatic N) is 3. The minimum Gasteiger partial charge on any atom is -0.489 e. The van der Waals surface area contributed by atoms with E-state index >= 15 is 0 Å². The monoisotopic (exact) mass is 357 g/mol. The first-order valence-corrected chi connectivity index (χ1v) is 8.31. The van der Waals surface area contributed by atoms with Crippen LogP contribution in [-0.4, -0.2) is 33.2 Å². The molecule has 3 aromatic rings. The highest BCUT2D eigenvalue weighted by molar-refractivity contribution is 5.99. The molecule has 0 radical (unpaired) electrons. The smallest absolute Gasteiger partial charge is 0.256 e. The average molecular weight is 357 g/mol. The minimum absolute atomic E-state index is 0.277. The highest BCUT2D eigenvalue weighted by atomic mass is 19.1. The number of hydrogen-bond acceptors (Lipinski definition) is 5. The number of halogens is 1. The molecule has 8 heteroatoms. The number of nitrogens with one attached hydrogen (secondary N) is 1. The van der Waals surface area contributed by atoms with Gasteiger partial charge in [-0.2, -0.15) is 5.10 Å². The number of hydrogen-bond donors (Lipinski definition) is 2. The molecule has 0 saturated carbocycles. The van der Waals surface area contributed by atoms with Gasteiger partial charge in [0, 0.05) is 6.20 Å². The normalized spacial score (nSPS) is 12.1. The minimum atomic E-state index is -0.316. The Kier molecular flexibility index (Phi) is 5.01. The van der Waals surface area contributed by atoms with Crippen molar-refractivity contribution in [3.8, 4) is 5.75 Å². The molecular formula is C18H20FN5O2. The first-order valence-electron chi connectivity index (χ1n) is 8.31. The summed E-state index contributed by atoms with van der Waals surface area (Å²) in [6.07, 6.45) is 3.44. The van der Waals surface area contributed by atoms with Gasteiger partial charge in [0.05, 0.1) is 12.7 Å². The van der Waals surface area contributed by atoms with Gasteiger partial charge < -0.3 is 15.8 Å². The number of nitrogens with two attached hydrogens (primary N) is 1. The van der Waals surface area contributed by atoms with Crippen molar-refractivity contribution < 1.29 is 13.9 Å². The van der Waals surface area contributed by atoms with E-state index in [2.05, 4.69) is 15.4 Å². The lowest BCUT2D eigenvalue weighted by Crippen LogP contribution is -2.33. The summed E-state index contributed by atoms with van der Waals surface area (Å²) < 4.78 is 20.6. The van der Waals surface area contributed by atoms with Gasteiger partial charge in [0.2, 0.25) is 0 Å². The number of nitrogen functional groups attached to an aromatic ring is 1. The molecule has 1 atom stereocenters. The maximum atomic E-state index is 13.3. The zero-order chi connectivity index (χ0) is 18.7. The van der Waals surface area contributed by atoms with Gasteiger partial charge in [0.25, 0.3) is 5.91 Å². The van der Waals surface area contributed by atoms with Crippen LogP contribution in [0.5, 0.6) is 5.75 Å². The van der Waals surface area contributed by atoms with Crippen LogP contribution < -0.4 is 15.8 Å². The quantitative estimate of drug-likeness (QED) is 0.705. The second kappa shape index (κ2) is 7.38. The summed E-state index contributed by atoms with van der Waals surface area (Å²) in [7, 11) is 0. The van der Waals surface area contributed by atoms with Gasteiger partial charge in [-0.1, -0.05) is 6.92 Å². The van der Waals surface area contributed by atoms with Gasteiger partial charge in [-0.05, 0) is 43.2 Å². The maximum absolute atomic E-state index is 13.3. The molecule has 136 valence electrons. The van der Waals surface area contributed by atoms with E-state index in [0.29, 0.717) is 29.2 Å². The molecule has 1 amide bonds. The molecule has 3 N–H and O–H groups in total. The molecule has 1 aromatic carbocycles. The third-order valence-corrected chi connectivity index (χ3v) is 3.92. The van der Waals surface area contributed by atoms with Crippen LogP contribution in [0.3, 0.4) is 0 Å². The van der Waals surface area contributed by atoms with Crippen LogP contribution in [-0.2, 0) is 6.42 Å². The number of ether oxygens (including phenoxy) is 1. The van der Waals surface area contributed by atoms with Gasteiger partial charge in [-0.3, -0.25) is 4.79 Å². The average Bonchev–Trinajstić information content (AvgIpc) is 3.04. The van der Waals surface area contributed by atoms with Gasteiger partial charge in [-0.25, -0.2) is 13.9 Å². The highest BCUT2D eigenvalue weighted by Gasteiger charge is 2.16. The molecule has 2 aromatic heterocycles. The summed E-state index contributed by atoms with van der Waals surface area (Å²) in [6, 6.07) is 6.01. The highest BCUT2D eigenvalue weighted by Crippen LogP contribution is 2.21. The molecule has 3 rings (SSSR count). The van der Waals surface area contributed by atoms with E-state index in [0.717, 1.165) is 5.56 Å². The van der Waals surface area contributed by atoms with Crippen LogP contribution in [0.2, 0.25) is 0 Å². The molecule has 0 aliphatic heterocycles. The Hall–Kier alpha value is -3.16. The van der Waals surface area contributed by atoms with Crippen LogP contribution >= 0.6 is 0 Å². The van der Waals surface area contributed by atoms with Crippen molar-refractivity contribution in [3.05, 3.63) is 53.6 Å². The number of aryl methyl sites for hydroxylation is 1. The van der Waals surface area contributed by atoms with Gasteiger partial charge in [0.1, 0.15) is 29.1 Å². The van der Waals surface area contributed by atoms with E-state index in [1.165, 1.54) is 22.8 Å². The fourth-order valence-corrected chi connectivity index (χ4v) is 2.57. The van der Waals surface area contributed by atoms with Crippen LogP contribution in [0.1, 0.15) is 29.8 Å². The SMILES string of the molecule is CCc1cc(F)ccc1O[C@@H](C)CNC(=O)c1cnn2ccc(N)nc12. The van der Waals surface area contributed by atoms with Crippen molar-refractivity contribution >= 4 is 17.4 Å². The molecule has 0 unspecified atom stereocenters. The van der Waals surface area contributed by atoms with Crippen molar-refractivity contribution in [2.75, 3.05) is 12.3 Å². The molecule has 0 spiro atoms. The maximum Gasteiger partial charge on any atom is 0.256 e. The molecule has 0 aliphatic rings. The summed E-state index contributed by atoms with van der Waals surface area (Å²) in [5.41, 5.74) is 7.18. The van der Waals surface area contributed by atoms with Crippen LogP contribution in [0.15, 0.2) is 36.7 Å². The zero-order valence-electron chi connectivity index (χ0n) is 14.6. The van der Waals surface area contributed by atoms with Crippen molar-refractivity contribution in [1.29, 1.82) is 0 Å². The molecule has 26 heavy (non-hydrogen) atoms. The van der Waals surface area contributed by atoms with Crippen molar-refractivity contribution in [2.45, 2.75) is 26.4 Å². The number of carbonyl (C=O) groups excluding carboxylic acids is 1. The number of anilines is 1. The van der Waals surface area contributed by atoms with Crippen LogP contribution in [0.4, 0.5) is 10.2 Å². The largest absolute Gasteiger partial charge is 0.489 e. The third kappa shape index (κ3) is 3.74. The van der Waals surface area contributed by atoms with Crippen molar-refractivity contribution in [2.24, 2.45) is 0 Å². The predicted molar refractivity (Wildman–Crippen MR) is 95.6 cm³/mol. The molecule has 0 bridgehead atoms. The fourth-order valence-electron chi connectivity index (χ4n) is 2.57. The first kappa shape index (κ1) is 17.7. The van der Waals surface area contributed by atoms with Crippen LogP contribution in [0.25, 0.3) is 5.65 Å². The van der Waals surface area contributed by atoms with E-state index < -0.39 is 0 Å². The summed E-state index contributed by atoms with van der Waals surface area (Å²) in [4.78, 5) is 16.5. The Bertz CT molecular complexity index is 940. The van der Waals surface area contributed by atoms with Crippen LogP contribution in [0, 0.1) is 5.82 Å². The molecule has 2 heterocycles. The standard InChI is InChI=1S/C18H20FN5O2/c1-3-12-8-13(19)4-5-15(12)26-11(2)9-21-18(25)14-10-22-24-7-6-16(20)23-17(14)24/h4-8,10-11H,3,9H2,1-2H3,(H2,20,23)(H,21,25)/t11-/m0/s1. The van der Waals surface area contributed by atoms with Gasteiger partial charge in [-0.15, -0.1) is 0 Å². The summed E-state index contributed by atoms with van der Waals surface area (Å²) in [5.74, 6) is 0.312. The lowest BCUT2D eigenvalue weighted by Gasteiger charge is -2.17.